The highest BCUT2D eigenvalue weighted by molar-refractivity contribution is 6.16. The van der Waals surface area contributed by atoms with Crippen molar-refractivity contribution >= 4 is 23.3 Å². The van der Waals surface area contributed by atoms with E-state index in [0.29, 0.717) is 28.0 Å². The third-order valence-corrected chi connectivity index (χ3v) is 7.39. The van der Waals surface area contributed by atoms with Crippen LogP contribution in [0.15, 0.2) is 47.5 Å². The lowest BCUT2D eigenvalue weighted by Gasteiger charge is -2.26. The fourth-order valence-electron chi connectivity index (χ4n) is 5.16. The highest BCUT2D eigenvalue weighted by Crippen LogP contribution is 2.39. The SMILES string of the molecule is Cc1cccc(C2=N[C@H](NC(=O)[C@H](CCC(F)(F)F)[C@H](CC3CC3)C(N)=O)C(=O)Cc3c(CO)cccc32)c1. The molecule has 1 saturated carbocycles. The van der Waals surface area contributed by atoms with E-state index in [1.165, 1.54) is 0 Å². The predicted octanol–water partition coefficient (Wildman–Crippen LogP) is 3.75. The van der Waals surface area contributed by atoms with E-state index >= 15 is 0 Å². The van der Waals surface area contributed by atoms with Crippen LogP contribution in [-0.2, 0) is 27.4 Å². The summed E-state index contributed by atoms with van der Waals surface area (Å²) in [7, 11) is 0. The van der Waals surface area contributed by atoms with Crippen molar-refractivity contribution in [3.8, 4) is 0 Å². The van der Waals surface area contributed by atoms with E-state index in [9.17, 15) is 32.7 Å². The number of rotatable bonds is 10. The number of nitrogens with zero attached hydrogens (tertiary/aromatic N) is 1. The maximum absolute atomic E-state index is 13.5. The smallest absolute Gasteiger partial charge is 0.389 e. The number of nitrogens with two attached hydrogens (primary N) is 1. The zero-order chi connectivity index (χ0) is 28.3. The second-order valence-corrected chi connectivity index (χ2v) is 10.5. The van der Waals surface area contributed by atoms with E-state index in [1.807, 2.05) is 25.1 Å². The Bertz CT molecular complexity index is 1290. The Morgan fingerprint density at radius 3 is 2.49 bits per heavy atom. The van der Waals surface area contributed by atoms with Crippen LogP contribution in [0.5, 0.6) is 0 Å². The number of aliphatic hydroxyl groups is 1. The average molecular weight is 544 g/mol. The van der Waals surface area contributed by atoms with Gasteiger partial charge >= 0.3 is 6.18 Å². The Morgan fingerprint density at radius 1 is 1.15 bits per heavy atom. The number of amides is 2. The molecule has 1 fully saturated rings. The number of ketones is 1. The number of alkyl halides is 3. The van der Waals surface area contributed by atoms with E-state index in [2.05, 4.69) is 10.3 Å². The van der Waals surface area contributed by atoms with Crippen molar-refractivity contribution in [3.63, 3.8) is 0 Å². The monoisotopic (exact) mass is 543 g/mol. The van der Waals surface area contributed by atoms with Gasteiger partial charge in [0.1, 0.15) is 0 Å². The van der Waals surface area contributed by atoms with Crippen LogP contribution >= 0.6 is 0 Å². The van der Waals surface area contributed by atoms with Crippen LogP contribution in [0.3, 0.4) is 0 Å². The lowest BCUT2D eigenvalue weighted by atomic mass is 9.83. The minimum Gasteiger partial charge on any atom is -0.392 e. The zero-order valence-electron chi connectivity index (χ0n) is 21.6. The minimum atomic E-state index is -4.53. The predicted molar refractivity (Wildman–Crippen MR) is 139 cm³/mol. The lowest BCUT2D eigenvalue weighted by Crippen LogP contribution is -2.47. The first-order valence-corrected chi connectivity index (χ1v) is 13.0. The summed E-state index contributed by atoms with van der Waals surface area (Å²) in [4.78, 5) is 43.7. The van der Waals surface area contributed by atoms with Crippen molar-refractivity contribution in [2.24, 2.45) is 28.5 Å². The molecule has 2 aromatic rings. The number of aryl methyl sites for hydroxylation is 1. The maximum Gasteiger partial charge on any atom is 0.389 e. The van der Waals surface area contributed by atoms with Gasteiger partial charge in [-0.05, 0) is 42.9 Å². The van der Waals surface area contributed by atoms with Gasteiger partial charge in [-0.2, -0.15) is 13.2 Å². The largest absolute Gasteiger partial charge is 0.392 e. The van der Waals surface area contributed by atoms with E-state index in [4.69, 9.17) is 5.73 Å². The number of hydrogen-bond acceptors (Lipinski definition) is 5. The van der Waals surface area contributed by atoms with Crippen LogP contribution in [0, 0.1) is 24.7 Å². The first-order chi connectivity index (χ1) is 18.5. The van der Waals surface area contributed by atoms with Gasteiger partial charge in [-0.1, -0.05) is 54.8 Å². The molecule has 0 saturated heterocycles. The van der Waals surface area contributed by atoms with Gasteiger partial charge in [0, 0.05) is 35.8 Å². The second-order valence-electron chi connectivity index (χ2n) is 10.5. The van der Waals surface area contributed by atoms with Crippen molar-refractivity contribution in [2.45, 2.75) is 64.4 Å². The van der Waals surface area contributed by atoms with Crippen LogP contribution in [0.25, 0.3) is 0 Å². The van der Waals surface area contributed by atoms with E-state index in [-0.39, 0.29) is 25.4 Å². The minimum absolute atomic E-state index is 0.139. The van der Waals surface area contributed by atoms with E-state index in [0.717, 1.165) is 18.4 Å². The molecule has 1 heterocycles. The number of benzene rings is 2. The van der Waals surface area contributed by atoms with Crippen LogP contribution in [0.4, 0.5) is 13.2 Å². The van der Waals surface area contributed by atoms with Crippen molar-refractivity contribution in [1.29, 1.82) is 0 Å². The number of hydrogen-bond donors (Lipinski definition) is 3. The Hall–Kier alpha value is -3.53. The van der Waals surface area contributed by atoms with Gasteiger partial charge in [0.15, 0.2) is 11.9 Å². The molecule has 1 aliphatic heterocycles. The number of halogens is 3. The molecule has 7 nitrogen and oxygen atoms in total. The number of aliphatic hydroxyl groups excluding tert-OH is 1. The molecule has 2 aromatic carbocycles. The zero-order valence-corrected chi connectivity index (χ0v) is 21.6. The summed E-state index contributed by atoms with van der Waals surface area (Å²) >= 11 is 0. The summed E-state index contributed by atoms with van der Waals surface area (Å²) in [6.07, 6.45) is -6.08. The Labute approximate surface area is 224 Å². The van der Waals surface area contributed by atoms with Crippen LogP contribution in [-0.4, -0.2) is 40.8 Å². The van der Waals surface area contributed by atoms with Gasteiger partial charge in [-0.3, -0.25) is 19.4 Å². The fourth-order valence-corrected chi connectivity index (χ4v) is 5.16. The summed E-state index contributed by atoms with van der Waals surface area (Å²) in [6.45, 7) is 1.58. The van der Waals surface area contributed by atoms with Gasteiger partial charge < -0.3 is 16.2 Å². The molecule has 3 atom stereocenters. The standard InChI is InChI=1S/C29H32F3N3O4/c1-16-4-2-5-18(12-16)25-20-7-3-6-19(15-36)22(20)14-24(37)27(34-25)35-28(39)21(10-11-29(30,31)32)23(26(33)38)13-17-8-9-17/h2-7,12,17,21,23,27,36H,8-11,13-15H2,1H3,(H2,33,38)(H,35,39)/t21-,23+,27-/m1/s1. The Balaban J connectivity index is 1.71. The number of Topliss-reactive ketones (excluding diaryl/α,β-unsaturated/α-hetero) is 1. The molecule has 0 bridgehead atoms. The third kappa shape index (κ3) is 7.11. The number of carbonyl (C=O) groups is 3. The molecule has 2 amide bonds. The maximum atomic E-state index is 13.5. The molecule has 4 rings (SSSR count). The highest BCUT2D eigenvalue weighted by atomic mass is 19.4. The molecule has 10 heteroatoms. The van der Waals surface area contributed by atoms with E-state index < -0.39 is 54.6 Å². The van der Waals surface area contributed by atoms with Gasteiger partial charge in [0.05, 0.1) is 12.3 Å². The van der Waals surface area contributed by atoms with Gasteiger partial charge in [-0.25, -0.2) is 0 Å². The highest BCUT2D eigenvalue weighted by Gasteiger charge is 2.41. The summed E-state index contributed by atoms with van der Waals surface area (Å²) in [5, 5.41) is 12.5. The average Bonchev–Trinajstić information content (AvgIpc) is 3.70. The van der Waals surface area contributed by atoms with Crippen molar-refractivity contribution in [3.05, 3.63) is 70.3 Å². The molecule has 39 heavy (non-hydrogen) atoms. The normalized spacial score (nSPS) is 18.9. The molecule has 0 unspecified atom stereocenters. The molecule has 0 spiro atoms. The van der Waals surface area contributed by atoms with Gasteiger partial charge in [-0.15, -0.1) is 0 Å². The summed E-state index contributed by atoms with van der Waals surface area (Å²) < 4.78 is 39.4. The first kappa shape index (κ1) is 28.5. The Morgan fingerprint density at radius 2 is 1.87 bits per heavy atom. The van der Waals surface area contributed by atoms with Crippen molar-refractivity contribution in [2.75, 3.05) is 0 Å². The molecule has 4 N–H and O–H groups in total. The van der Waals surface area contributed by atoms with Crippen LogP contribution in [0.1, 0.15) is 59.9 Å². The lowest BCUT2D eigenvalue weighted by molar-refractivity contribution is -0.146. The number of carbonyl (C=O) groups excluding carboxylic acids is 3. The topological polar surface area (TPSA) is 122 Å². The molecular formula is C29H32F3N3O4. The second kappa shape index (κ2) is 11.7. The first-order valence-electron chi connectivity index (χ1n) is 13.0. The third-order valence-electron chi connectivity index (χ3n) is 7.39. The summed E-state index contributed by atoms with van der Waals surface area (Å²) in [6, 6.07) is 12.6. The molecule has 0 aromatic heterocycles. The quantitative estimate of drug-likeness (QED) is 0.423. The number of aliphatic imine (C=N–C) groups is 1. The summed E-state index contributed by atoms with van der Waals surface area (Å²) in [5.74, 6) is -4.47. The number of nitrogens with one attached hydrogen (secondary N) is 1. The fraction of sp³-hybridized carbons (Fsp3) is 0.448. The summed E-state index contributed by atoms with van der Waals surface area (Å²) in [5.41, 5.74) is 9.31. The van der Waals surface area contributed by atoms with Gasteiger partial charge in [0.25, 0.3) is 0 Å². The van der Waals surface area contributed by atoms with E-state index in [1.54, 1.807) is 24.3 Å². The molecule has 2 aliphatic rings. The molecular weight excluding hydrogens is 511 g/mol. The number of fused-ring (bicyclic) bond motifs is 1. The van der Waals surface area contributed by atoms with Crippen LogP contribution in [0.2, 0.25) is 0 Å². The van der Waals surface area contributed by atoms with Crippen LogP contribution < -0.4 is 11.1 Å². The molecule has 208 valence electrons. The molecule has 0 radical (unpaired) electrons. The van der Waals surface area contributed by atoms with Gasteiger partial charge in [0.2, 0.25) is 11.8 Å². The number of primary amides is 1. The van der Waals surface area contributed by atoms with Crippen molar-refractivity contribution < 1.29 is 32.7 Å². The molecule has 1 aliphatic carbocycles. The Kier molecular flexibility index (Phi) is 8.54. The van der Waals surface area contributed by atoms with Crippen molar-refractivity contribution in [1.82, 2.24) is 5.32 Å².